The number of carbonyl (C=O) groups is 1. The number of aromatic nitrogens is 1. The van der Waals surface area contributed by atoms with Crippen LogP contribution in [-0.2, 0) is 17.6 Å². The molecule has 2 aromatic rings. The Hall–Kier alpha value is -2.41. The number of para-hydroxylation sites is 1. The molecule has 0 saturated heterocycles. The molecule has 2 heterocycles. The summed E-state index contributed by atoms with van der Waals surface area (Å²) < 4.78 is 0. The number of aliphatic imine (C=N–C) groups is 1. The number of benzene rings is 1. The minimum Gasteiger partial charge on any atom is -0.356 e. The van der Waals surface area contributed by atoms with Crippen LogP contribution in [0.1, 0.15) is 27.6 Å². The van der Waals surface area contributed by atoms with Crippen molar-refractivity contribution in [1.82, 2.24) is 15.6 Å². The van der Waals surface area contributed by atoms with Crippen LogP contribution >= 0.6 is 11.3 Å². The molecule has 0 atom stereocenters. The van der Waals surface area contributed by atoms with E-state index in [1.165, 1.54) is 10.4 Å². The second-order valence-electron chi connectivity index (χ2n) is 6.63. The molecule has 0 bridgehead atoms. The fourth-order valence-corrected chi connectivity index (χ4v) is 4.14. The Bertz CT molecular complexity index is 810. The van der Waals surface area contributed by atoms with Gasteiger partial charge in [0.2, 0.25) is 5.91 Å². The van der Waals surface area contributed by atoms with Crippen molar-refractivity contribution in [3.05, 3.63) is 45.4 Å². The number of anilines is 1. The molecule has 2 N–H and O–H groups in total. The topological polar surface area (TPSA) is 69.6 Å². The summed E-state index contributed by atoms with van der Waals surface area (Å²) in [6, 6.07) is 8.14. The van der Waals surface area contributed by atoms with Gasteiger partial charge in [-0.1, -0.05) is 18.2 Å². The van der Waals surface area contributed by atoms with Crippen molar-refractivity contribution in [2.45, 2.75) is 33.1 Å². The Morgan fingerprint density at radius 3 is 2.85 bits per heavy atom. The van der Waals surface area contributed by atoms with Crippen LogP contribution in [0.3, 0.4) is 0 Å². The van der Waals surface area contributed by atoms with Crippen molar-refractivity contribution in [2.24, 2.45) is 4.99 Å². The molecule has 0 spiro atoms. The fourth-order valence-electron chi connectivity index (χ4n) is 3.20. The third-order valence-electron chi connectivity index (χ3n) is 4.75. The van der Waals surface area contributed by atoms with Gasteiger partial charge in [-0.15, -0.1) is 11.3 Å². The molecule has 7 heteroatoms. The van der Waals surface area contributed by atoms with Crippen molar-refractivity contribution in [3.8, 4) is 0 Å². The second kappa shape index (κ2) is 8.99. The van der Waals surface area contributed by atoms with Gasteiger partial charge in [0.25, 0.3) is 0 Å². The summed E-state index contributed by atoms with van der Waals surface area (Å²) in [5, 5.41) is 7.51. The van der Waals surface area contributed by atoms with Crippen LogP contribution in [0.4, 0.5) is 5.69 Å². The lowest BCUT2D eigenvalue weighted by molar-refractivity contribution is -0.117. The van der Waals surface area contributed by atoms with Gasteiger partial charge in [0.15, 0.2) is 5.96 Å². The average molecular weight is 386 g/mol. The Balaban J connectivity index is 1.49. The van der Waals surface area contributed by atoms with Gasteiger partial charge in [-0.2, -0.15) is 0 Å². The largest absolute Gasteiger partial charge is 0.356 e. The summed E-state index contributed by atoms with van der Waals surface area (Å²) in [4.78, 5) is 24.6. The van der Waals surface area contributed by atoms with Crippen LogP contribution in [0, 0.1) is 13.8 Å². The first-order chi connectivity index (χ1) is 13.1. The summed E-state index contributed by atoms with van der Waals surface area (Å²) in [5.74, 6) is 0.704. The van der Waals surface area contributed by atoms with Crippen LogP contribution in [0.2, 0.25) is 0 Å². The number of hydrogen-bond acceptors (Lipinski definition) is 4. The maximum absolute atomic E-state index is 12.7. The maximum atomic E-state index is 12.7. The molecule has 0 saturated carbocycles. The van der Waals surface area contributed by atoms with Gasteiger partial charge >= 0.3 is 0 Å². The number of nitrogens with zero attached hydrogens (tertiary/aromatic N) is 3. The van der Waals surface area contributed by atoms with Crippen molar-refractivity contribution in [3.63, 3.8) is 0 Å². The first kappa shape index (κ1) is 19.4. The quantitative estimate of drug-likeness (QED) is 0.613. The second-order valence-corrected chi connectivity index (χ2v) is 7.92. The standard InChI is InChI=1S/C20H27N5OS/c1-14-15(2)27-18(24-14)10-11-22-20(21-3)23-13-19(26)25-12-6-8-16-7-4-5-9-17(16)25/h4-5,7,9H,6,8,10-13H2,1-3H3,(H2,21,22,23). The Morgan fingerprint density at radius 2 is 2.11 bits per heavy atom. The predicted molar refractivity (Wildman–Crippen MR) is 112 cm³/mol. The zero-order valence-corrected chi connectivity index (χ0v) is 17.0. The molecule has 0 radical (unpaired) electrons. The van der Waals surface area contributed by atoms with E-state index in [9.17, 15) is 4.79 Å². The molecular formula is C20H27N5OS. The number of guanidine groups is 1. The number of thiazole rings is 1. The molecule has 0 aliphatic carbocycles. The van der Waals surface area contributed by atoms with Crippen LogP contribution in [0.15, 0.2) is 29.3 Å². The molecular weight excluding hydrogens is 358 g/mol. The van der Waals surface area contributed by atoms with E-state index >= 15 is 0 Å². The molecule has 1 aliphatic heterocycles. The van der Waals surface area contributed by atoms with Gasteiger partial charge in [-0.05, 0) is 38.3 Å². The summed E-state index contributed by atoms with van der Waals surface area (Å²) >= 11 is 1.73. The molecule has 0 fully saturated rings. The number of rotatable bonds is 5. The smallest absolute Gasteiger partial charge is 0.246 e. The van der Waals surface area contributed by atoms with Crippen molar-refractivity contribution in [2.75, 3.05) is 31.6 Å². The molecule has 1 aliphatic rings. The third kappa shape index (κ3) is 4.86. The predicted octanol–water partition coefficient (Wildman–Crippen LogP) is 2.45. The lowest BCUT2D eigenvalue weighted by Crippen LogP contribution is -2.46. The SMILES string of the molecule is CN=C(NCCc1nc(C)c(C)s1)NCC(=O)N1CCCc2ccccc21. The molecule has 6 nitrogen and oxygen atoms in total. The summed E-state index contributed by atoms with van der Waals surface area (Å²) in [6.07, 6.45) is 2.88. The highest BCUT2D eigenvalue weighted by Crippen LogP contribution is 2.26. The van der Waals surface area contributed by atoms with Gasteiger partial charge in [0, 0.05) is 37.1 Å². The molecule has 0 unspecified atom stereocenters. The third-order valence-corrected chi connectivity index (χ3v) is 5.88. The average Bonchev–Trinajstić information content (AvgIpc) is 3.01. The fraction of sp³-hybridized carbons (Fsp3) is 0.450. The molecule has 3 rings (SSSR count). The van der Waals surface area contributed by atoms with E-state index in [0.29, 0.717) is 5.96 Å². The molecule has 27 heavy (non-hydrogen) atoms. The molecule has 144 valence electrons. The number of aryl methyl sites for hydroxylation is 3. The van der Waals surface area contributed by atoms with E-state index in [0.717, 1.165) is 48.7 Å². The van der Waals surface area contributed by atoms with E-state index in [1.54, 1.807) is 18.4 Å². The number of nitrogens with one attached hydrogen (secondary N) is 2. The van der Waals surface area contributed by atoms with Gasteiger partial charge in [-0.25, -0.2) is 4.98 Å². The number of carbonyl (C=O) groups excluding carboxylic acids is 1. The van der Waals surface area contributed by atoms with E-state index in [-0.39, 0.29) is 12.5 Å². The number of hydrogen-bond donors (Lipinski definition) is 2. The number of fused-ring (bicyclic) bond motifs is 1. The van der Waals surface area contributed by atoms with Crippen molar-refractivity contribution < 1.29 is 4.79 Å². The van der Waals surface area contributed by atoms with Crippen LogP contribution in [0.5, 0.6) is 0 Å². The lowest BCUT2D eigenvalue weighted by atomic mass is 10.0. The molecule has 1 aromatic heterocycles. The Labute approximate surface area is 164 Å². The van der Waals surface area contributed by atoms with Gasteiger partial charge in [0.05, 0.1) is 17.2 Å². The van der Waals surface area contributed by atoms with Crippen LogP contribution in [0.25, 0.3) is 0 Å². The van der Waals surface area contributed by atoms with E-state index in [2.05, 4.69) is 33.6 Å². The van der Waals surface area contributed by atoms with E-state index in [1.807, 2.05) is 30.0 Å². The van der Waals surface area contributed by atoms with Crippen LogP contribution in [-0.4, -0.2) is 43.5 Å². The summed E-state index contributed by atoms with van der Waals surface area (Å²) in [5.41, 5.74) is 3.38. The maximum Gasteiger partial charge on any atom is 0.246 e. The highest BCUT2D eigenvalue weighted by atomic mass is 32.1. The van der Waals surface area contributed by atoms with Crippen molar-refractivity contribution in [1.29, 1.82) is 0 Å². The molecule has 1 aromatic carbocycles. The summed E-state index contributed by atoms with van der Waals surface area (Å²) in [6.45, 7) is 5.85. The highest BCUT2D eigenvalue weighted by molar-refractivity contribution is 7.11. The van der Waals surface area contributed by atoms with Crippen LogP contribution < -0.4 is 15.5 Å². The first-order valence-electron chi connectivity index (χ1n) is 9.34. The first-order valence-corrected chi connectivity index (χ1v) is 10.2. The lowest BCUT2D eigenvalue weighted by Gasteiger charge is -2.29. The van der Waals surface area contributed by atoms with Gasteiger partial charge < -0.3 is 15.5 Å². The minimum absolute atomic E-state index is 0.0660. The normalized spacial score (nSPS) is 14.0. The number of amides is 1. The Kier molecular flexibility index (Phi) is 6.45. The Morgan fingerprint density at radius 1 is 1.30 bits per heavy atom. The molecule has 1 amide bonds. The summed E-state index contributed by atoms with van der Waals surface area (Å²) in [7, 11) is 1.72. The van der Waals surface area contributed by atoms with Gasteiger partial charge in [0.1, 0.15) is 0 Å². The minimum atomic E-state index is 0.0660. The van der Waals surface area contributed by atoms with E-state index in [4.69, 9.17) is 0 Å². The monoisotopic (exact) mass is 385 g/mol. The van der Waals surface area contributed by atoms with Gasteiger partial charge in [-0.3, -0.25) is 9.79 Å². The highest BCUT2D eigenvalue weighted by Gasteiger charge is 2.21. The van der Waals surface area contributed by atoms with Crippen molar-refractivity contribution >= 4 is 28.9 Å². The van der Waals surface area contributed by atoms with E-state index < -0.39 is 0 Å². The zero-order valence-electron chi connectivity index (χ0n) is 16.2. The zero-order chi connectivity index (χ0) is 19.2.